The van der Waals surface area contributed by atoms with Gasteiger partial charge < -0.3 is 54.5 Å². The topological polar surface area (TPSA) is 282 Å². The van der Waals surface area contributed by atoms with E-state index in [1.165, 1.54) is 38.9 Å². The number of anilines is 3. The van der Waals surface area contributed by atoms with Gasteiger partial charge in [-0.1, -0.05) is 34.8 Å². The van der Waals surface area contributed by atoms with Gasteiger partial charge in [-0.15, -0.1) is 46.4 Å². The maximum atomic E-state index is 13.3. The van der Waals surface area contributed by atoms with E-state index < -0.39 is 35.1 Å². The third kappa shape index (κ3) is 23.8. The first-order chi connectivity index (χ1) is 41.9. The standard InChI is InChI=1S/C25H31BrClN3O5S.C21H23ClN4O3S.C16H15ClN4OS.ClH.3H2S/c1-14(28-22(31)34-24(2,3)4)11-17-19(26)20-21(36-17)16(12-18(27)29-20)30(13-15-9-8-10-33-15)23(32)35-25(5,6)7;1-12(25-20(27)29-21(2,3)4)8-16-14(10-23)18-19(30-16)15(9-17(22)26-18)24-11-13-6-5-7-28-13;1-9(19)5-13-11(7-18)15-16(23-13)12(6-14(17)21-15)20-8-10-3-2-4-22-10;;;;/h8-10,12,14H,11,13H2,1-7H3,(H,28,31);5-7,9,12H,8,11H2,1-4H3,(H,24,26)(H,25,27);2-4,6,9H,5,8,19H2,1H3,(H,20,21);1H;3*1H2/t14-;12-;9-;;;;/m000..../s1. The van der Waals surface area contributed by atoms with Crippen molar-refractivity contribution in [1.29, 1.82) is 10.5 Å². The van der Waals surface area contributed by atoms with Crippen LogP contribution >= 0.6 is 138 Å². The molecular formula is C62H76BrCl4N11O9S6. The first-order valence-electron chi connectivity index (χ1n) is 28.0. The van der Waals surface area contributed by atoms with Gasteiger partial charge in [0.05, 0.1) is 90.7 Å². The molecule has 0 saturated heterocycles. The largest absolute Gasteiger partial charge is 0.467 e. The Balaban J connectivity index is 0.000000364. The van der Waals surface area contributed by atoms with Crippen LogP contribution in [0.1, 0.15) is 126 Å². The predicted octanol–water partition coefficient (Wildman–Crippen LogP) is 17.9. The van der Waals surface area contributed by atoms with Crippen LogP contribution in [0.3, 0.4) is 0 Å². The van der Waals surface area contributed by atoms with E-state index in [9.17, 15) is 24.9 Å². The van der Waals surface area contributed by atoms with Crippen LogP contribution in [0.2, 0.25) is 15.5 Å². The number of carbonyl (C=O) groups excluding carboxylic acids is 3. The van der Waals surface area contributed by atoms with Gasteiger partial charge in [0.25, 0.3) is 0 Å². The number of alkyl carbamates (subject to hydrolysis) is 2. The minimum Gasteiger partial charge on any atom is -0.467 e. The number of nitrogens with zero attached hydrogens (tertiary/aromatic N) is 6. The molecule has 93 heavy (non-hydrogen) atoms. The van der Waals surface area contributed by atoms with Gasteiger partial charge >= 0.3 is 18.3 Å². The van der Waals surface area contributed by atoms with Crippen LogP contribution in [0.15, 0.2) is 91.1 Å². The highest BCUT2D eigenvalue weighted by molar-refractivity contribution is 9.10. The molecule has 0 aliphatic carbocycles. The molecule has 9 heterocycles. The van der Waals surface area contributed by atoms with E-state index in [4.69, 9.17) is 68.0 Å². The molecule has 504 valence electrons. The lowest BCUT2D eigenvalue weighted by Gasteiger charge is -2.27. The molecule has 0 saturated carbocycles. The smallest absolute Gasteiger partial charge is 0.415 e. The molecule has 0 radical (unpaired) electrons. The Kier molecular flexibility index (Phi) is 31.4. The Morgan fingerprint density at radius 3 is 1.40 bits per heavy atom. The Morgan fingerprint density at radius 2 is 1.00 bits per heavy atom. The maximum Gasteiger partial charge on any atom is 0.415 e. The number of ether oxygens (including phenoxy) is 3. The van der Waals surface area contributed by atoms with Crippen LogP contribution in [0, 0.1) is 22.7 Å². The number of nitrogens with two attached hydrogens (primary N) is 1. The number of carbonyl (C=O) groups is 3. The van der Waals surface area contributed by atoms with Crippen molar-refractivity contribution in [2.24, 2.45) is 5.73 Å². The fourth-order valence-electron chi connectivity index (χ4n) is 8.60. The summed E-state index contributed by atoms with van der Waals surface area (Å²) in [5.74, 6) is 2.19. The van der Waals surface area contributed by atoms with Crippen molar-refractivity contribution in [3.05, 3.63) is 136 Å². The zero-order chi connectivity index (χ0) is 65.1. The molecule has 0 bridgehead atoms. The number of halogens is 5. The van der Waals surface area contributed by atoms with Gasteiger partial charge in [0, 0.05) is 63.8 Å². The molecule has 20 nitrogen and oxygen atoms in total. The Hall–Kier alpha value is -5.79. The monoisotopic (exact) mass is 1530 g/mol. The van der Waals surface area contributed by atoms with Gasteiger partial charge in [-0.05, 0) is 142 Å². The minimum atomic E-state index is -0.696. The average molecular weight is 1530 g/mol. The molecule has 31 heteroatoms. The van der Waals surface area contributed by atoms with Crippen LogP contribution in [-0.2, 0) is 53.1 Å². The highest BCUT2D eigenvalue weighted by atomic mass is 79.9. The summed E-state index contributed by atoms with van der Waals surface area (Å²) in [4.78, 5) is 54.9. The number of nitrogens with one attached hydrogen (secondary N) is 4. The lowest BCUT2D eigenvalue weighted by Crippen LogP contribution is -2.38. The van der Waals surface area contributed by atoms with Crippen molar-refractivity contribution in [2.75, 3.05) is 15.5 Å². The number of pyridine rings is 3. The molecule has 3 amide bonds. The summed E-state index contributed by atoms with van der Waals surface area (Å²) in [5, 5.41) is 32.4. The highest BCUT2D eigenvalue weighted by Crippen LogP contribution is 2.43. The third-order valence-electron chi connectivity index (χ3n) is 12.1. The van der Waals surface area contributed by atoms with Crippen LogP contribution in [0.4, 0.5) is 31.4 Å². The zero-order valence-corrected chi connectivity index (χ0v) is 63.1. The summed E-state index contributed by atoms with van der Waals surface area (Å²) >= 11 is 26.8. The Labute approximate surface area is 603 Å². The number of aromatic nitrogens is 3. The van der Waals surface area contributed by atoms with Gasteiger partial charge in [-0.3, -0.25) is 4.90 Å². The van der Waals surface area contributed by atoms with E-state index in [0.29, 0.717) is 81.8 Å². The van der Waals surface area contributed by atoms with Crippen LogP contribution < -0.4 is 31.9 Å². The molecule has 9 aromatic heterocycles. The summed E-state index contributed by atoms with van der Waals surface area (Å²) in [6.07, 6.45) is 4.92. The molecule has 0 aliphatic rings. The van der Waals surface area contributed by atoms with E-state index in [1.54, 1.807) is 49.1 Å². The van der Waals surface area contributed by atoms with Gasteiger partial charge in [-0.25, -0.2) is 29.3 Å². The van der Waals surface area contributed by atoms with Gasteiger partial charge in [0.15, 0.2) is 0 Å². The second kappa shape index (κ2) is 35.8. The second-order valence-corrected chi connectivity index (χ2v) is 28.8. The summed E-state index contributed by atoms with van der Waals surface area (Å²) in [7, 11) is 0. The van der Waals surface area contributed by atoms with E-state index in [1.807, 2.05) is 107 Å². The molecule has 0 aromatic carbocycles. The van der Waals surface area contributed by atoms with Crippen molar-refractivity contribution >= 4 is 204 Å². The first kappa shape index (κ1) is 81.4. The second-order valence-electron chi connectivity index (χ2n) is 23.5. The molecular weight excluding hydrogens is 1460 g/mol. The molecule has 9 rings (SSSR count). The summed E-state index contributed by atoms with van der Waals surface area (Å²) in [6.45, 7) is 23.1. The number of thiophene rings is 3. The van der Waals surface area contributed by atoms with E-state index in [0.717, 1.165) is 56.1 Å². The summed E-state index contributed by atoms with van der Waals surface area (Å²) < 4.78 is 35.8. The molecule has 6 N–H and O–H groups in total. The van der Waals surface area contributed by atoms with Crippen molar-refractivity contribution in [3.8, 4) is 12.1 Å². The highest BCUT2D eigenvalue weighted by Gasteiger charge is 2.30. The van der Waals surface area contributed by atoms with Crippen molar-refractivity contribution < 1.29 is 41.8 Å². The van der Waals surface area contributed by atoms with Crippen LogP contribution in [-0.4, -0.2) is 68.2 Å². The fourth-order valence-corrected chi connectivity index (χ4v) is 13.9. The normalized spacial score (nSPS) is 12.0. The van der Waals surface area contributed by atoms with E-state index in [2.05, 4.69) is 64.3 Å². The molecule has 0 spiro atoms. The van der Waals surface area contributed by atoms with Gasteiger partial charge in [-0.2, -0.15) is 51.0 Å². The number of amides is 3. The number of fused-ring (bicyclic) bond motifs is 3. The Morgan fingerprint density at radius 1 is 0.613 bits per heavy atom. The maximum absolute atomic E-state index is 13.3. The Bertz CT molecular complexity index is 4010. The lowest BCUT2D eigenvalue weighted by molar-refractivity contribution is 0.0496. The number of hydrogen-bond acceptors (Lipinski definition) is 20. The minimum absolute atomic E-state index is 0. The van der Waals surface area contributed by atoms with Crippen molar-refractivity contribution in [3.63, 3.8) is 0 Å². The lowest BCUT2D eigenvalue weighted by atomic mass is 10.1. The summed E-state index contributed by atoms with van der Waals surface area (Å²) in [6, 6.07) is 20.1. The van der Waals surface area contributed by atoms with Crippen molar-refractivity contribution in [2.45, 2.75) is 157 Å². The molecule has 0 unspecified atom stereocenters. The van der Waals surface area contributed by atoms with E-state index in [-0.39, 0.29) is 82.7 Å². The SMILES string of the molecule is C[C@@H](Cc1sc2c(N(Cc3ccco3)C(=O)OC(C)(C)C)cc(Cl)nc2c1Br)NC(=O)OC(C)(C)C.C[C@@H](Cc1sc2c(NCc3ccco3)cc(Cl)nc2c1C#N)NC(=O)OC(C)(C)C.C[C@H](N)Cc1sc2c(NCc3ccco3)cc(Cl)nc2c1C#N.Cl.S.S.S. The van der Waals surface area contributed by atoms with Crippen molar-refractivity contribution in [1.82, 2.24) is 25.6 Å². The molecule has 0 aliphatic heterocycles. The number of hydrogen-bond donors (Lipinski definition) is 5. The van der Waals surface area contributed by atoms with E-state index >= 15 is 0 Å². The fraction of sp³-hybridized carbons (Fsp3) is 0.387. The molecule has 0 fully saturated rings. The predicted molar refractivity (Wildman–Crippen MR) is 395 cm³/mol. The zero-order valence-electron chi connectivity index (χ0n) is 53.0. The average Bonchev–Trinajstić information content (AvgIpc) is 1.67. The molecule has 9 aromatic rings. The third-order valence-corrected chi connectivity index (χ3v) is 17.5. The quantitative estimate of drug-likeness (QED) is 0.0418. The van der Waals surface area contributed by atoms with Crippen LogP contribution in [0.25, 0.3) is 30.6 Å². The first-order valence-corrected chi connectivity index (χ1v) is 32.4. The summed E-state index contributed by atoms with van der Waals surface area (Å²) in [5.41, 5.74) is 9.03. The molecule has 3 atom stereocenters. The number of rotatable bonds is 17. The van der Waals surface area contributed by atoms with Gasteiger partial charge in [0.1, 0.15) is 72.7 Å². The van der Waals surface area contributed by atoms with Crippen LogP contribution in [0.5, 0.6) is 0 Å². The number of furan rings is 3. The van der Waals surface area contributed by atoms with Gasteiger partial charge in [0.2, 0.25) is 0 Å². The number of nitriles is 2.